The smallest absolute Gasteiger partial charge is 0.249 e. The zero-order valence-corrected chi connectivity index (χ0v) is 12.6. The highest BCUT2D eigenvalue weighted by Gasteiger charge is 2.30. The summed E-state index contributed by atoms with van der Waals surface area (Å²) in [6.45, 7) is 4.77. The molecule has 1 heterocycles. The fourth-order valence-electron chi connectivity index (χ4n) is 3.01. The normalized spacial score (nSPS) is 18.9. The van der Waals surface area contributed by atoms with Crippen molar-refractivity contribution >= 4 is 16.7 Å². The number of hydrogen-bond donors (Lipinski definition) is 1. The van der Waals surface area contributed by atoms with Crippen LogP contribution in [0.4, 0.5) is 0 Å². The molecule has 3 nitrogen and oxygen atoms in total. The maximum absolute atomic E-state index is 12.3. The molecule has 21 heavy (non-hydrogen) atoms. The number of fused-ring (bicyclic) bond motifs is 1. The van der Waals surface area contributed by atoms with E-state index >= 15 is 0 Å². The number of rotatable bonds is 3. The van der Waals surface area contributed by atoms with E-state index < -0.39 is 5.54 Å². The molecule has 2 aromatic rings. The molecule has 110 valence electrons. The van der Waals surface area contributed by atoms with Gasteiger partial charge in [0.25, 0.3) is 0 Å². The summed E-state index contributed by atoms with van der Waals surface area (Å²) in [6.07, 6.45) is 1.49. The van der Waals surface area contributed by atoms with Crippen molar-refractivity contribution in [2.75, 3.05) is 6.61 Å². The standard InChI is InChI=1S/C18H21NO2/c1-18(2,19-17(20)16-11-6-12-21-16)15-10-5-8-13-7-3-4-9-14(13)15/h3-5,7-10,16H,6,11-12H2,1-2H3,(H,19,20)/t16-/m1/s1. The second kappa shape index (κ2) is 5.49. The number of hydrogen-bond acceptors (Lipinski definition) is 2. The van der Waals surface area contributed by atoms with Crippen molar-refractivity contribution in [3.05, 3.63) is 48.0 Å². The van der Waals surface area contributed by atoms with Gasteiger partial charge in [0.1, 0.15) is 6.10 Å². The summed E-state index contributed by atoms with van der Waals surface area (Å²) in [4.78, 5) is 12.3. The first kappa shape index (κ1) is 14.1. The van der Waals surface area contributed by atoms with E-state index in [1.54, 1.807) is 0 Å². The topological polar surface area (TPSA) is 38.3 Å². The first-order chi connectivity index (χ1) is 10.1. The molecule has 0 spiro atoms. The fraction of sp³-hybridized carbons (Fsp3) is 0.389. The van der Waals surface area contributed by atoms with Gasteiger partial charge in [-0.25, -0.2) is 0 Å². The largest absolute Gasteiger partial charge is 0.368 e. The second-order valence-corrected chi connectivity index (χ2v) is 6.14. The number of ether oxygens (including phenoxy) is 1. The minimum atomic E-state index is -0.427. The van der Waals surface area contributed by atoms with Crippen LogP contribution in [0.15, 0.2) is 42.5 Å². The van der Waals surface area contributed by atoms with Gasteiger partial charge in [-0.3, -0.25) is 4.79 Å². The Balaban J connectivity index is 1.90. The highest BCUT2D eigenvalue weighted by Crippen LogP contribution is 2.29. The van der Waals surface area contributed by atoms with Gasteiger partial charge >= 0.3 is 0 Å². The molecule has 2 aromatic carbocycles. The molecule has 3 heteroatoms. The zero-order valence-electron chi connectivity index (χ0n) is 12.6. The van der Waals surface area contributed by atoms with Crippen molar-refractivity contribution in [3.63, 3.8) is 0 Å². The molecule has 1 aliphatic heterocycles. The van der Waals surface area contributed by atoms with Crippen LogP contribution in [-0.4, -0.2) is 18.6 Å². The third-order valence-electron chi connectivity index (χ3n) is 4.12. The van der Waals surface area contributed by atoms with E-state index in [1.165, 1.54) is 10.8 Å². The van der Waals surface area contributed by atoms with Crippen LogP contribution >= 0.6 is 0 Å². The van der Waals surface area contributed by atoms with Crippen LogP contribution in [0.5, 0.6) is 0 Å². The quantitative estimate of drug-likeness (QED) is 0.938. The Morgan fingerprint density at radius 3 is 2.71 bits per heavy atom. The fourth-order valence-corrected chi connectivity index (χ4v) is 3.01. The van der Waals surface area contributed by atoms with E-state index in [0.29, 0.717) is 6.61 Å². The Kier molecular flexibility index (Phi) is 3.68. The van der Waals surface area contributed by atoms with Crippen LogP contribution in [0, 0.1) is 0 Å². The van der Waals surface area contributed by atoms with Crippen molar-refractivity contribution in [3.8, 4) is 0 Å². The molecule has 1 amide bonds. The summed E-state index contributed by atoms with van der Waals surface area (Å²) < 4.78 is 5.47. The molecule has 0 saturated carbocycles. The number of nitrogens with one attached hydrogen (secondary N) is 1. The molecule has 0 bridgehead atoms. The van der Waals surface area contributed by atoms with Crippen LogP contribution in [0.1, 0.15) is 32.3 Å². The van der Waals surface area contributed by atoms with E-state index in [-0.39, 0.29) is 12.0 Å². The summed E-state index contributed by atoms with van der Waals surface area (Å²) in [5.74, 6) is -0.00886. The average Bonchev–Trinajstić information content (AvgIpc) is 3.00. The van der Waals surface area contributed by atoms with Gasteiger partial charge < -0.3 is 10.1 Å². The molecule has 0 aliphatic carbocycles. The van der Waals surface area contributed by atoms with Gasteiger partial charge in [0.05, 0.1) is 5.54 Å². The van der Waals surface area contributed by atoms with Crippen molar-refractivity contribution in [2.24, 2.45) is 0 Å². The van der Waals surface area contributed by atoms with Gasteiger partial charge in [0.15, 0.2) is 0 Å². The highest BCUT2D eigenvalue weighted by molar-refractivity contribution is 5.88. The number of carbonyl (C=O) groups is 1. The lowest BCUT2D eigenvalue weighted by Crippen LogP contribution is -2.45. The lowest BCUT2D eigenvalue weighted by atomic mass is 9.89. The first-order valence-corrected chi connectivity index (χ1v) is 7.50. The third kappa shape index (κ3) is 2.79. The van der Waals surface area contributed by atoms with Crippen molar-refractivity contribution < 1.29 is 9.53 Å². The predicted octanol–water partition coefficient (Wildman–Crippen LogP) is 3.37. The lowest BCUT2D eigenvalue weighted by Gasteiger charge is -2.29. The maximum atomic E-state index is 12.3. The van der Waals surface area contributed by atoms with Gasteiger partial charge in [0.2, 0.25) is 5.91 Å². The van der Waals surface area contributed by atoms with E-state index in [1.807, 2.05) is 32.0 Å². The van der Waals surface area contributed by atoms with Crippen LogP contribution in [0.25, 0.3) is 10.8 Å². The summed E-state index contributed by atoms with van der Waals surface area (Å²) in [5, 5.41) is 5.51. The number of amides is 1. The molecule has 1 atom stereocenters. The summed E-state index contributed by atoms with van der Waals surface area (Å²) in [7, 11) is 0. The Hall–Kier alpha value is -1.87. The van der Waals surface area contributed by atoms with E-state index in [0.717, 1.165) is 18.4 Å². The summed E-state index contributed by atoms with van der Waals surface area (Å²) >= 11 is 0. The molecule has 0 radical (unpaired) electrons. The Morgan fingerprint density at radius 1 is 1.19 bits per heavy atom. The molecule has 1 saturated heterocycles. The summed E-state index contributed by atoms with van der Waals surface area (Å²) in [5.41, 5.74) is 0.705. The Labute approximate surface area is 125 Å². The predicted molar refractivity (Wildman–Crippen MR) is 84.1 cm³/mol. The van der Waals surface area contributed by atoms with Gasteiger partial charge in [0, 0.05) is 6.61 Å². The molecular weight excluding hydrogens is 262 g/mol. The minimum absolute atomic E-state index is 0.00886. The second-order valence-electron chi connectivity index (χ2n) is 6.14. The third-order valence-corrected chi connectivity index (χ3v) is 4.12. The molecule has 3 rings (SSSR count). The van der Waals surface area contributed by atoms with Crippen molar-refractivity contribution in [1.29, 1.82) is 0 Å². The average molecular weight is 283 g/mol. The van der Waals surface area contributed by atoms with Gasteiger partial charge in [-0.1, -0.05) is 42.5 Å². The maximum Gasteiger partial charge on any atom is 0.249 e. The van der Waals surface area contributed by atoms with Crippen LogP contribution in [0.3, 0.4) is 0 Å². The number of benzene rings is 2. The molecular formula is C18H21NO2. The SMILES string of the molecule is CC(C)(NC(=O)[C@H]1CCCO1)c1cccc2ccccc12. The highest BCUT2D eigenvalue weighted by atomic mass is 16.5. The Morgan fingerprint density at radius 2 is 1.95 bits per heavy atom. The van der Waals surface area contributed by atoms with E-state index in [2.05, 4.69) is 29.6 Å². The van der Waals surface area contributed by atoms with Crippen LogP contribution in [0.2, 0.25) is 0 Å². The zero-order chi connectivity index (χ0) is 14.9. The molecule has 1 aliphatic rings. The first-order valence-electron chi connectivity index (χ1n) is 7.50. The van der Waals surface area contributed by atoms with E-state index in [9.17, 15) is 4.79 Å². The van der Waals surface area contributed by atoms with Gasteiger partial charge in [-0.2, -0.15) is 0 Å². The molecule has 1 N–H and O–H groups in total. The monoisotopic (exact) mass is 283 g/mol. The molecule has 1 fully saturated rings. The molecule has 0 unspecified atom stereocenters. The number of carbonyl (C=O) groups excluding carboxylic acids is 1. The Bertz CT molecular complexity index is 652. The lowest BCUT2D eigenvalue weighted by molar-refractivity contribution is -0.131. The van der Waals surface area contributed by atoms with Crippen molar-refractivity contribution in [2.45, 2.75) is 38.3 Å². The summed E-state index contributed by atoms with van der Waals surface area (Å²) in [6, 6.07) is 14.5. The van der Waals surface area contributed by atoms with Crippen LogP contribution in [-0.2, 0) is 15.1 Å². The van der Waals surface area contributed by atoms with Gasteiger partial charge in [-0.05, 0) is 43.0 Å². The minimum Gasteiger partial charge on any atom is -0.368 e. The van der Waals surface area contributed by atoms with Crippen molar-refractivity contribution in [1.82, 2.24) is 5.32 Å². The van der Waals surface area contributed by atoms with E-state index in [4.69, 9.17) is 4.74 Å². The van der Waals surface area contributed by atoms with Crippen LogP contribution < -0.4 is 5.32 Å². The van der Waals surface area contributed by atoms with Gasteiger partial charge in [-0.15, -0.1) is 0 Å². The molecule has 0 aromatic heterocycles.